The number of nitrogens with one attached hydrogen (secondary N) is 2. The fraction of sp³-hybridized carbons (Fsp3) is 0.182. The lowest BCUT2D eigenvalue weighted by molar-refractivity contribution is -0.0498. The molecular formula is C11H11F2N3O4S. The first-order chi connectivity index (χ1) is 9.92. The summed E-state index contributed by atoms with van der Waals surface area (Å²) in [5, 5.41) is 14.6. The van der Waals surface area contributed by atoms with Crippen molar-refractivity contribution in [3.63, 3.8) is 0 Å². The number of anilines is 1. The summed E-state index contributed by atoms with van der Waals surface area (Å²) in [7, 11) is -3.97. The second kappa shape index (κ2) is 6.06. The molecule has 0 radical (unpaired) electrons. The van der Waals surface area contributed by atoms with Crippen molar-refractivity contribution in [3.8, 4) is 5.75 Å². The van der Waals surface area contributed by atoms with Crippen LogP contribution in [0.15, 0.2) is 35.5 Å². The van der Waals surface area contributed by atoms with Crippen molar-refractivity contribution in [1.29, 1.82) is 0 Å². The molecule has 0 bridgehead atoms. The van der Waals surface area contributed by atoms with Gasteiger partial charge in [-0.05, 0) is 24.3 Å². The Hall–Kier alpha value is -2.20. The quantitative estimate of drug-likeness (QED) is 0.744. The predicted octanol–water partition coefficient (Wildman–Crippen LogP) is 1.30. The molecule has 0 saturated heterocycles. The van der Waals surface area contributed by atoms with Gasteiger partial charge < -0.3 is 9.84 Å². The first kappa shape index (κ1) is 15.2. The number of aromatic nitrogens is 2. The molecule has 7 nitrogen and oxygen atoms in total. The molecule has 0 saturated carbocycles. The van der Waals surface area contributed by atoms with E-state index < -0.39 is 23.2 Å². The van der Waals surface area contributed by atoms with Gasteiger partial charge in [-0.15, -0.1) is 0 Å². The van der Waals surface area contributed by atoms with Crippen molar-refractivity contribution in [2.24, 2.45) is 0 Å². The molecule has 21 heavy (non-hydrogen) atoms. The fourth-order valence-corrected chi connectivity index (χ4v) is 2.74. The van der Waals surface area contributed by atoms with Crippen LogP contribution < -0.4 is 9.46 Å². The third-order valence-corrected chi connectivity index (χ3v) is 3.84. The monoisotopic (exact) mass is 319 g/mol. The lowest BCUT2D eigenvalue weighted by atomic mass is 10.3. The van der Waals surface area contributed by atoms with E-state index in [4.69, 9.17) is 5.11 Å². The molecular weight excluding hydrogens is 308 g/mol. The first-order valence-corrected chi connectivity index (χ1v) is 7.11. The fourth-order valence-electron chi connectivity index (χ4n) is 1.56. The van der Waals surface area contributed by atoms with E-state index in [-0.39, 0.29) is 22.0 Å². The maximum atomic E-state index is 12.1. The Kier molecular flexibility index (Phi) is 4.38. The van der Waals surface area contributed by atoms with E-state index in [1.807, 2.05) is 0 Å². The maximum absolute atomic E-state index is 12.1. The van der Waals surface area contributed by atoms with E-state index in [9.17, 15) is 17.2 Å². The van der Waals surface area contributed by atoms with Crippen LogP contribution >= 0.6 is 0 Å². The molecule has 2 aromatic rings. The zero-order chi connectivity index (χ0) is 15.5. The number of aliphatic hydroxyl groups excluding tert-OH is 1. The molecule has 0 spiro atoms. The topological polar surface area (TPSA) is 104 Å². The molecule has 0 amide bonds. The van der Waals surface area contributed by atoms with Gasteiger partial charge in [0.05, 0.1) is 12.8 Å². The number of ether oxygens (including phenoxy) is 1. The number of aliphatic hydroxyl groups is 1. The van der Waals surface area contributed by atoms with E-state index in [0.717, 1.165) is 0 Å². The Balaban J connectivity index is 2.17. The molecule has 0 aliphatic heterocycles. The number of H-pyrrole nitrogens is 1. The van der Waals surface area contributed by atoms with Crippen LogP contribution in [0.3, 0.4) is 0 Å². The van der Waals surface area contributed by atoms with Crippen molar-refractivity contribution in [2.75, 3.05) is 4.72 Å². The average molecular weight is 319 g/mol. The first-order valence-electron chi connectivity index (χ1n) is 5.63. The van der Waals surface area contributed by atoms with E-state index in [1.54, 1.807) is 0 Å². The lowest BCUT2D eigenvalue weighted by Gasteiger charge is -2.09. The number of hydrogen-bond donors (Lipinski definition) is 3. The molecule has 1 heterocycles. The summed E-state index contributed by atoms with van der Waals surface area (Å²) < 4.78 is 54.5. The number of alkyl halides is 2. The minimum absolute atomic E-state index is 0.0921. The van der Waals surface area contributed by atoms with Crippen LogP contribution in [-0.2, 0) is 16.6 Å². The highest BCUT2D eigenvalue weighted by molar-refractivity contribution is 7.92. The van der Waals surface area contributed by atoms with Gasteiger partial charge in [-0.1, -0.05) is 0 Å². The summed E-state index contributed by atoms with van der Waals surface area (Å²) in [5.74, 6) is -0.0921. The summed E-state index contributed by atoms with van der Waals surface area (Å²) in [4.78, 5) is 0. The maximum Gasteiger partial charge on any atom is 0.387 e. The van der Waals surface area contributed by atoms with Gasteiger partial charge in [-0.2, -0.15) is 22.3 Å². The van der Waals surface area contributed by atoms with Crippen molar-refractivity contribution >= 4 is 15.7 Å². The Morgan fingerprint density at radius 2 is 2.00 bits per heavy atom. The van der Waals surface area contributed by atoms with Crippen molar-refractivity contribution in [1.82, 2.24) is 10.2 Å². The number of aromatic amines is 1. The van der Waals surface area contributed by atoms with Gasteiger partial charge in [0.25, 0.3) is 10.0 Å². The molecule has 2 rings (SSSR count). The smallest absolute Gasteiger partial charge is 0.387 e. The number of nitrogens with zero attached hydrogens (tertiary/aromatic N) is 1. The highest BCUT2D eigenvalue weighted by atomic mass is 32.2. The van der Waals surface area contributed by atoms with Crippen LogP contribution in [-0.4, -0.2) is 30.3 Å². The van der Waals surface area contributed by atoms with Gasteiger partial charge >= 0.3 is 6.61 Å². The molecule has 0 atom stereocenters. The summed E-state index contributed by atoms with van der Waals surface area (Å²) >= 11 is 0. The standard InChI is InChI=1S/C11H11F2N3O4S/c12-11(13)20-9-3-1-8(2-4-9)16-21(18,19)10-7(6-17)5-14-15-10/h1-5,11,16-17H,6H2,(H,14,15). The second-order valence-electron chi connectivity index (χ2n) is 3.89. The van der Waals surface area contributed by atoms with Crippen LogP contribution in [0.4, 0.5) is 14.5 Å². The normalized spacial score (nSPS) is 11.6. The van der Waals surface area contributed by atoms with Crippen LogP contribution in [0.25, 0.3) is 0 Å². The van der Waals surface area contributed by atoms with Gasteiger partial charge in [0, 0.05) is 11.3 Å². The lowest BCUT2D eigenvalue weighted by Crippen LogP contribution is -2.15. The molecule has 10 heteroatoms. The van der Waals surface area contributed by atoms with Gasteiger partial charge in [0.2, 0.25) is 0 Å². The van der Waals surface area contributed by atoms with Crippen molar-refractivity contribution < 1.29 is 27.0 Å². The average Bonchev–Trinajstić information content (AvgIpc) is 2.89. The van der Waals surface area contributed by atoms with Gasteiger partial charge in [0.15, 0.2) is 5.03 Å². The molecule has 0 aliphatic carbocycles. The highest BCUT2D eigenvalue weighted by Crippen LogP contribution is 2.21. The second-order valence-corrected chi connectivity index (χ2v) is 5.51. The Labute approximate surface area is 118 Å². The van der Waals surface area contributed by atoms with E-state index in [1.165, 1.54) is 30.5 Å². The van der Waals surface area contributed by atoms with Gasteiger partial charge in [0.1, 0.15) is 5.75 Å². The molecule has 3 N–H and O–H groups in total. The molecule has 114 valence electrons. The molecule has 0 aliphatic rings. The number of halogens is 2. The molecule has 0 fully saturated rings. The molecule has 1 aromatic carbocycles. The number of sulfonamides is 1. The predicted molar refractivity (Wildman–Crippen MR) is 68.4 cm³/mol. The summed E-state index contributed by atoms with van der Waals surface area (Å²) in [6.45, 7) is -3.45. The number of benzene rings is 1. The van der Waals surface area contributed by atoms with E-state index in [2.05, 4.69) is 19.7 Å². The molecule has 1 aromatic heterocycles. The van der Waals surface area contributed by atoms with Crippen molar-refractivity contribution in [2.45, 2.75) is 18.2 Å². The Morgan fingerprint density at radius 1 is 1.33 bits per heavy atom. The summed E-state index contributed by atoms with van der Waals surface area (Å²) in [6.07, 6.45) is 1.19. The van der Waals surface area contributed by atoms with E-state index in [0.29, 0.717) is 0 Å². The third kappa shape index (κ3) is 3.67. The Morgan fingerprint density at radius 3 is 2.57 bits per heavy atom. The van der Waals surface area contributed by atoms with Crippen LogP contribution in [0.1, 0.15) is 5.56 Å². The van der Waals surface area contributed by atoms with Gasteiger partial charge in [-0.25, -0.2) is 0 Å². The number of hydrogen-bond acceptors (Lipinski definition) is 5. The third-order valence-electron chi connectivity index (χ3n) is 2.45. The Bertz CT molecular complexity index is 701. The molecule has 0 unspecified atom stereocenters. The zero-order valence-corrected chi connectivity index (χ0v) is 11.3. The largest absolute Gasteiger partial charge is 0.435 e. The number of rotatable bonds is 6. The SMILES string of the molecule is O=S(=O)(Nc1ccc(OC(F)F)cc1)c1[nH]ncc1CO. The minimum Gasteiger partial charge on any atom is -0.435 e. The van der Waals surface area contributed by atoms with Gasteiger partial charge in [-0.3, -0.25) is 9.82 Å². The van der Waals surface area contributed by atoms with Crippen molar-refractivity contribution in [3.05, 3.63) is 36.0 Å². The zero-order valence-electron chi connectivity index (χ0n) is 10.5. The van der Waals surface area contributed by atoms with Crippen LogP contribution in [0, 0.1) is 0 Å². The van der Waals surface area contributed by atoms with E-state index >= 15 is 0 Å². The summed E-state index contributed by atoms with van der Waals surface area (Å²) in [6, 6.07) is 4.93. The highest BCUT2D eigenvalue weighted by Gasteiger charge is 2.20. The summed E-state index contributed by atoms with van der Waals surface area (Å²) in [5.41, 5.74) is 0.259. The van der Waals surface area contributed by atoms with Crippen LogP contribution in [0.5, 0.6) is 5.75 Å². The van der Waals surface area contributed by atoms with Crippen LogP contribution in [0.2, 0.25) is 0 Å². The minimum atomic E-state index is -3.97.